The lowest BCUT2D eigenvalue weighted by Crippen LogP contribution is -2.46. The molecule has 1 saturated heterocycles. The lowest BCUT2D eigenvalue weighted by molar-refractivity contribution is 0.0729. The molecule has 0 aromatic carbocycles. The van der Waals surface area contributed by atoms with Crippen molar-refractivity contribution in [3.05, 3.63) is 36.3 Å². The van der Waals surface area contributed by atoms with E-state index in [4.69, 9.17) is 0 Å². The fourth-order valence-electron chi connectivity index (χ4n) is 2.12. The maximum Gasteiger partial charge on any atom is 0.272 e. The molecule has 1 fully saturated rings. The van der Waals surface area contributed by atoms with E-state index in [0.717, 1.165) is 31.8 Å². The lowest BCUT2D eigenvalue weighted by Gasteiger charge is -2.27. The van der Waals surface area contributed by atoms with Gasteiger partial charge in [-0.3, -0.25) is 9.20 Å². The molecule has 0 spiro atoms. The van der Waals surface area contributed by atoms with Gasteiger partial charge in [0, 0.05) is 32.4 Å². The van der Waals surface area contributed by atoms with Gasteiger partial charge in [-0.15, -0.1) is 0 Å². The second-order valence-corrected chi connectivity index (χ2v) is 4.11. The Hall–Kier alpha value is -1.88. The molecule has 2 aromatic heterocycles. The van der Waals surface area contributed by atoms with E-state index in [-0.39, 0.29) is 5.91 Å². The lowest BCUT2D eigenvalue weighted by atomic mass is 10.3. The summed E-state index contributed by atoms with van der Waals surface area (Å²) in [6.07, 6.45) is 3.53. The summed E-state index contributed by atoms with van der Waals surface area (Å²) < 4.78 is 1.84. The van der Waals surface area contributed by atoms with E-state index in [9.17, 15) is 4.79 Å². The monoisotopic (exact) mass is 230 g/mol. The van der Waals surface area contributed by atoms with E-state index in [1.54, 1.807) is 6.20 Å². The number of carbonyl (C=O) groups excluding carboxylic acids is 1. The molecule has 1 N–H and O–H groups in total. The number of nitrogens with one attached hydrogen (secondary N) is 1. The molecular formula is C12H14N4O. The molecule has 0 aliphatic carbocycles. The SMILES string of the molecule is O=C(c1cnc2ccccn12)N1CCNCC1. The Morgan fingerprint density at radius 2 is 2.12 bits per heavy atom. The number of piperazine rings is 1. The Kier molecular flexibility index (Phi) is 2.53. The number of imidazole rings is 1. The van der Waals surface area contributed by atoms with Crippen LogP contribution in [-0.4, -0.2) is 46.4 Å². The average molecular weight is 230 g/mol. The quantitative estimate of drug-likeness (QED) is 0.770. The van der Waals surface area contributed by atoms with Crippen LogP contribution < -0.4 is 5.32 Å². The maximum atomic E-state index is 12.3. The first-order valence-corrected chi connectivity index (χ1v) is 5.78. The van der Waals surface area contributed by atoms with E-state index in [1.165, 1.54) is 0 Å². The zero-order valence-corrected chi connectivity index (χ0v) is 9.47. The fraction of sp³-hybridized carbons (Fsp3) is 0.333. The Balaban J connectivity index is 1.95. The molecule has 0 radical (unpaired) electrons. The van der Waals surface area contributed by atoms with Gasteiger partial charge in [-0.05, 0) is 12.1 Å². The molecule has 2 aromatic rings. The van der Waals surface area contributed by atoms with Gasteiger partial charge >= 0.3 is 0 Å². The van der Waals surface area contributed by atoms with Crippen molar-refractivity contribution in [2.45, 2.75) is 0 Å². The van der Waals surface area contributed by atoms with Gasteiger partial charge < -0.3 is 10.2 Å². The summed E-state index contributed by atoms with van der Waals surface area (Å²) in [5.74, 6) is 0.0604. The van der Waals surface area contributed by atoms with Gasteiger partial charge in [0.25, 0.3) is 5.91 Å². The van der Waals surface area contributed by atoms with E-state index < -0.39 is 0 Å². The Labute approximate surface area is 99.1 Å². The normalized spacial score (nSPS) is 16.4. The minimum atomic E-state index is 0.0604. The minimum absolute atomic E-state index is 0.0604. The van der Waals surface area contributed by atoms with Crippen molar-refractivity contribution < 1.29 is 4.79 Å². The molecular weight excluding hydrogens is 216 g/mol. The van der Waals surface area contributed by atoms with Crippen molar-refractivity contribution in [3.8, 4) is 0 Å². The number of carbonyl (C=O) groups is 1. The van der Waals surface area contributed by atoms with Crippen LogP contribution >= 0.6 is 0 Å². The highest BCUT2D eigenvalue weighted by Gasteiger charge is 2.20. The molecule has 1 aliphatic heterocycles. The van der Waals surface area contributed by atoms with Crippen LogP contribution in [0.4, 0.5) is 0 Å². The van der Waals surface area contributed by atoms with Crippen LogP contribution in [0.3, 0.4) is 0 Å². The van der Waals surface area contributed by atoms with Crippen LogP contribution in [0.5, 0.6) is 0 Å². The van der Waals surface area contributed by atoms with Crippen molar-refractivity contribution in [2.75, 3.05) is 26.2 Å². The number of nitrogens with zero attached hydrogens (tertiary/aromatic N) is 3. The maximum absolute atomic E-state index is 12.3. The zero-order chi connectivity index (χ0) is 11.7. The van der Waals surface area contributed by atoms with Crippen LogP contribution in [0, 0.1) is 0 Å². The summed E-state index contributed by atoms with van der Waals surface area (Å²) >= 11 is 0. The largest absolute Gasteiger partial charge is 0.335 e. The third kappa shape index (κ3) is 1.78. The number of rotatable bonds is 1. The average Bonchev–Trinajstić information content (AvgIpc) is 2.83. The van der Waals surface area contributed by atoms with Gasteiger partial charge in [-0.1, -0.05) is 6.07 Å². The summed E-state index contributed by atoms with van der Waals surface area (Å²) in [6.45, 7) is 3.25. The molecule has 0 bridgehead atoms. The first-order chi connectivity index (χ1) is 8.36. The highest BCUT2D eigenvalue weighted by molar-refractivity contribution is 5.93. The van der Waals surface area contributed by atoms with Gasteiger partial charge in [0.2, 0.25) is 0 Å². The first-order valence-electron chi connectivity index (χ1n) is 5.78. The van der Waals surface area contributed by atoms with E-state index >= 15 is 0 Å². The molecule has 3 rings (SSSR count). The van der Waals surface area contributed by atoms with Crippen LogP contribution in [0.15, 0.2) is 30.6 Å². The van der Waals surface area contributed by atoms with Gasteiger partial charge in [0.05, 0.1) is 6.20 Å². The summed E-state index contributed by atoms with van der Waals surface area (Å²) in [7, 11) is 0. The fourth-order valence-corrected chi connectivity index (χ4v) is 2.12. The van der Waals surface area contributed by atoms with Crippen LogP contribution in [0.1, 0.15) is 10.5 Å². The topological polar surface area (TPSA) is 49.6 Å². The van der Waals surface area contributed by atoms with Gasteiger partial charge in [-0.25, -0.2) is 4.98 Å². The molecule has 17 heavy (non-hydrogen) atoms. The summed E-state index contributed by atoms with van der Waals surface area (Å²) in [6, 6.07) is 5.72. The Morgan fingerprint density at radius 1 is 1.29 bits per heavy atom. The van der Waals surface area contributed by atoms with Crippen molar-refractivity contribution in [3.63, 3.8) is 0 Å². The number of pyridine rings is 1. The molecule has 0 atom stereocenters. The predicted molar refractivity (Wildman–Crippen MR) is 64.0 cm³/mol. The summed E-state index contributed by atoms with van der Waals surface area (Å²) in [4.78, 5) is 18.4. The standard InChI is InChI=1S/C12H14N4O/c17-12(15-7-4-13-5-8-15)10-9-14-11-3-1-2-6-16(10)11/h1-3,6,9,13H,4-5,7-8H2. The molecule has 3 heterocycles. The predicted octanol–water partition coefficient (Wildman–Crippen LogP) is 0.380. The van der Waals surface area contributed by atoms with E-state index in [1.807, 2.05) is 33.7 Å². The molecule has 5 nitrogen and oxygen atoms in total. The van der Waals surface area contributed by atoms with Crippen molar-refractivity contribution in [1.29, 1.82) is 0 Å². The smallest absolute Gasteiger partial charge is 0.272 e. The molecule has 1 aliphatic rings. The number of hydrogen-bond donors (Lipinski definition) is 1. The molecule has 1 amide bonds. The third-order valence-corrected chi connectivity index (χ3v) is 3.04. The molecule has 0 unspecified atom stereocenters. The highest BCUT2D eigenvalue weighted by Crippen LogP contribution is 2.09. The molecule has 88 valence electrons. The van der Waals surface area contributed by atoms with Crippen LogP contribution in [0.25, 0.3) is 5.65 Å². The second-order valence-electron chi connectivity index (χ2n) is 4.11. The highest BCUT2D eigenvalue weighted by atomic mass is 16.2. The van der Waals surface area contributed by atoms with Crippen molar-refractivity contribution >= 4 is 11.6 Å². The molecule has 5 heteroatoms. The van der Waals surface area contributed by atoms with Crippen molar-refractivity contribution in [1.82, 2.24) is 19.6 Å². The van der Waals surface area contributed by atoms with Gasteiger partial charge in [0.15, 0.2) is 0 Å². The van der Waals surface area contributed by atoms with Crippen molar-refractivity contribution in [2.24, 2.45) is 0 Å². The number of amides is 1. The third-order valence-electron chi connectivity index (χ3n) is 3.04. The number of fused-ring (bicyclic) bond motifs is 1. The number of hydrogen-bond acceptors (Lipinski definition) is 3. The van der Waals surface area contributed by atoms with E-state index in [0.29, 0.717) is 5.69 Å². The van der Waals surface area contributed by atoms with Crippen LogP contribution in [-0.2, 0) is 0 Å². The summed E-state index contributed by atoms with van der Waals surface area (Å²) in [5, 5.41) is 3.24. The van der Waals surface area contributed by atoms with Crippen LogP contribution in [0.2, 0.25) is 0 Å². The second kappa shape index (κ2) is 4.18. The summed E-state index contributed by atoms with van der Waals surface area (Å²) in [5.41, 5.74) is 1.45. The van der Waals surface area contributed by atoms with Gasteiger partial charge in [-0.2, -0.15) is 0 Å². The van der Waals surface area contributed by atoms with Gasteiger partial charge in [0.1, 0.15) is 11.3 Å². The van der Waals surface area contributed by atoms with E-state index in [2.05, 4.69) is 10.3 Å². The molecule has 0 saturated carbocycles. The Morgan fingerprint density at radius 3 is 2.94 bits per heavy atom. The first kappa shape index (κ1) is 10.3. The minimum Gasteiger partial charge on any atom is -0.335 e. The Bertz CT molecular complexity index is 542. The number of aromatic nitrogens is 2. The zero-order valence-electron chi connectivity index (χ0n) is 9.47.